The van der Waals surface area contributed by atoms with Crippen molar-refractivity contribution < 1.29 is 4.74 Å². The Morgan fingerprint density at radius 1 is 1.00 bits per heavy atom. The zero-order valence-electron chi connectivity index (χ0n) is 12.5. The standard InChI is InChI=1S/C18H21BrO/c1-12(2)17-10-16(19)7-8-18(17)20-11-15-6-5-13(3)14(4)9-15/h5-10,12H,11H2,1-4H3. The predicted molar refractivity (Wildman–Crippen MR) is 88.5 cm³/mol. The van der Waals surface area contributed by atoms with Gasteiger partial charge in [-0.2, -0.15) is 0 Å². The number of ether oxygens (including phenoxy) is 1. The summed E-state index contributed by atoms with van der Waals surface area (Å²) in [6.45, 7) is 9.25. The molecule has 0 unspecified atom stereocenters. The van der Waals surface area contributed by atoms with Crippen LogP contribution in [0, 0.1) is 13.8 Å². The van der Waals surface area contributed by atoms with Gasteiger partial charge in [-0.25, -0.2) is 0 Å². The predicted octanol–water partition coefficient (Wildman–Crippen LogP) is 5.77. The first-order valence-corrected chi connectivity index (χ1v) is 7.75. The van der Waals surface area contributed by atoms with E-state index >= 15 is 0 Å². The molecule has 0 amide bonds. The lowest BCUT2D eigenvalue weighted by Crippen LogP contribution is -2.00. The fraction of sp³-hybridized carbons (Fsp3) is 0.333. The minimum absolute atomic E-state index is 0.447. The van der Waals surface area contributed by atoms with E-state index in [1.165, 1.54) is 22.3 Å². The van der Waals surface area contributed by atoms with E-state index in [4.69, 9.17) is 4.74 Å². The van der Waals surface area contributed by atoms with Crippen LogP contribution < -0.4 is 4.74 Å². The fourth-order valence-electron chi connectivity index (χ4n) is 2.16. The second-order valence-electron chi connectivity index (χ2n) is 5.54. The maximum atomic E-state index is 6.01. The average Bonchev–Trinajstić information content (AvgIpc) is 2.41. The lowest BCUT2D eigenvalue weighted by atomic mass is 10.0. The van der Waals surface area contributed by atoms with Crippen LogP contribution in [0.25, 0.3) is 0 Å². The lowest BCUT2D eigenvalue weighted by Gasteiger charge is -2.15. The van der Waals surface area contributed by atoms with Gasteiger partial charge in [0.1, 0.15) is 12.4 Å². The molecule has 0 aliphatic heterocycles. The second-order valence-corrected chi connectivity index (χ2v) is 6.46. The van der Waals surface area contributed by atoms with Crippen molar-refractivity contribution in [3.8, 4) is 5.75 Å². The Labute approximate surface area is 130 Å². The summed E-state index contributed by atoms with van der Waals surface area (Å²) in [6.07, 6.45) is 0. The van der Waals surface area contributed by atoms with Crippen LogP contribution in [0.5, 0.6) is 5.75 Å². The normalized spacial score (nSPS) is 10.9. The van der Waals surface area contributed by atoms with Gasteiger partial charge in [0.2, 0.25) is 0 Å². The van der Waals surface area contributed by atoms with Gasteiger partial charge in [0.25, 0.3) is 0 Å². The van der Waals surface area contributed by atoms with Crippen LogP contribution >= 0.6 is 15.9 Å². The van der Waals surface area contributed by atoms with Crippen molar-refractivity contribution in [2.45, 2.75) is 40.2 Å². The molecule has 0 aliphatic rings. The van der Waals surface area contributed by atoms with Gasteiger partial charge in [0.15, 0.2) is 0 Å². The van der Waals surface area contributed by atoms with E-state index in [1.54, 1.807) is 0 Å². The van der Waals surface area contributed by atoms with E-state index in [0.29, 0.717) is 12.5 Å². The summed E-state index contributed by atoms with van der Waals surface area (Å²) in [7, 11) is 0. The molecule has 2 rings (SSSR count). The zero-order chi connectivity index (χ0) is 14.7. The van der Waals surface area contributed by atoms with E-state index < -0.39 is 0 Å². The minimum atomic E-state index is 0.447. The molecule has 0 spiro atoms. The second kappa shape index (κ2) is 6.45. The molecule has 2 heteroatoms. The fourth-order valence-corrected chi connectivity index (χ4v) is 2.54. The third kappa shape index (κ3) is 3.63. The molecule has 0 saturated heterocycles. The molecule has 0 radical (unpaired) electrons. The maximum Gasteiger partial charge on any atom is 0.123 e. The summed E-state index contributed by atoms with van der Waals surface area (Å²) in [5, 5.41) is 0. The van der Waals surface area contributed by atoms with Crippen LogP contribution in [0.2, 0.25) is 0 Å². The van der Waals surface area contributed by atoms with E-state index in [1.807, 2.05) is 12.1 Å². The molecule has 0 atom stereocenters. The Hall–Kier alpha value is -1.28. The topological polar surface area (TPSA) is 9.23 Å². The first-order chi connectivity index (χ1) is 9.47. The summed E-state index contributed by atoms with van der Waals surface area (Å²) in [5.74, 6) is 1.42. The van der Waals surface area contributed by atoms with E-state index in [0.717, 1.165) is 10.2 Å². The Bertz CT molecular complexity index is 602. The van der Waals surface area contributed by atoms with Gasteiger partial charge >= 0.3 is 0 Å². The highest BCUT2D eigenvalue weighted by atomic mass is 79.9. The maximum absolute atomic E-state index is 6.01. The van der Waals surface area contributed by atoms with Gasteiger partial charge in [-0.15, -0.1) is 0 Å². The van der Waals surface area contributed by atoms with Crippen LogP contribution in [0.15, 0.2) is 40.9 Å². The highest BCUT2D eigenvalue weighted by molar-refractivity contribution is 9.10. The Kier molecular flexibility index (Phi) is 4.87. The van der Waals surface area contributed by atoms with Gasteiger partial charge in [-0.05, 0) is 60.2 Å². The van der Waals surface area contributed by atoms with Crippen molar-refractivity contribution in [3.63, 3.8) is 0 Å². The number of hydrogen-bond donors (Lipinski definition) is 0. The molecule has 2 aromatic rings. The van der Waals surface area contributed by atoms with Gasteiger partial charge in [0.05, 0.1) is 0 Å². The molecular formula is C18H21BrO. The zero-order valence-corrected chi connectivity index (χ0v) is 14.1. The van der Waals surface area contributed by atoms with E-state index in [-0.39, 0.29) is 0 Å². The van der Waals surface area contributed by atoms with Crippen molar-refractivity contribution in [2.75, 3.05) is 0 Å². The minimum Gasteiger partial charge on any atom is -0.489 e. The van der Waals surface area contributed by atoms with Crippen LogP contribution in [-0.2, 0) is 6.61 Å². The SMILES string of the molecule is Cc1ccc(COc2ccc(Br)cc2C(C)C)cc1C. The molecular weight excluding hydrogens is 312 g/mol. The highest BCUT2D eigenvalue weighted by Gasteiger charge is 2.09. The molecule has 0 saturated carbocycles. The number of halogens is 1. The number of hydrogen-bond acceptors (Lipinski definition) is 1. The Morgan fingerprint density at radius 2 is 1.75 bits per heavy atom. The van der Waals surface area contributed by atoms with Gasteiger partial charge in [-0.3, -0.25) is 0 Å². The molecule has 0 bridgehead atoms. The van der Waals surface area contributed by atoms with Crippen molar-refractivity contribution in [1.82, 2.24) is 0 Å². The summed E-state index contributed by atoms with van der Waals surface area (Å²) in [4.78, 5) is 0. The average molecular weight is 333 g/mol. The van der Waals surface area contributed by atoms with E-state index in [9.17, 15) is 0 Å². The van der Waals surface area contributed by atoms with Crippen LogP contribution in [-0.4, -0.2) is 0 Å². The summed E-state index contributed by atoms with van der Waals surface area (Å²) >= 11 is 3.52. The summed E-state index contributed by atoms with van der Waals surface area (Å²) in [6, 6.07) is 12.7. The van der Waals surface area contributed by atoms with Gasteiger partial charge in [0, 0.05) is 4.47 Å². The first kappa shape index (κ1) is 15.1. The molecule has 0 fully saturated rings. The molecule has 106 valence electrons. The Balaban J connectivity index is 2.16. The highest BCUT2D eigenvalue weighted by Crippen LogP contribution is 2.30. The quantitative estimate of drug-likeness (QED) is 0.690. The molecule has 20 heavy (non-hydrogen) atoms. The van der Waals surface area contributed by atoms with Crippen molar-refractivity contribution >= 4 is 15.9 Å². The molecule has 0 N–H and O–H groups in total. The van der Waals surface area contributed by atoms with Gasteiger partial charge in [-0.1, -0.05) is 48.0 Å². The summed E-state index contributed by atoms with van der Waals surface area (Å²) < 4.78 is 7.11. The largest absolute Gasteiger partial charge is 0.489 e. The number of rotatable bonds is 4. The summed E-state index contributed by atoms with van der Waals surface area (Å²) in [5.41, 5.74) is 5.08. The number of aryl methyl sites for hydroxylation is 2. The molecule has 0 aromatic heterocycles. The third-order valence-corrected chi connectivity index (χ3v) is 4.05. The number of benzene rings is 2. The van der Waals surface area contributed by atoms with Crippen LogP contribution in [0.4, 0.5) is 0 Å². The van der Waals surface area contributed by atoms with Crippen molar-refractivity contribution in [3.05, 3.63) is 63.1 Å². The Morgan fingerprint density at radius 3 is 2.40 bits per heavy atom. The lowest BCUT2D eigenvalue weighted by molar-refractivity contribution is 0.301. The van der Waals surface area contributed by atoms with E-state index in [2.05, 4.69) is 67.9 Å². The first-order valence-electron chi connectivity index (χ1n) is 6.95. The van der Waals surface area contributed by atoms with Crippen molar-refractivity contribution in [1.29, 1.82) is 0 Å². The third-order valence-electron chi connectivity index (χ3n) is 3.56. The molecule has 0 heterocycles. The van der Waals surface area contributed by atoms with Crippen molar-refractivity contribution in [2.24, 2.45) is 0 Å². The molecule has 2 aromatic carbocycles. The van der Waals surface area contributed by atoms with Crippen LogP contribution in [0.3, 0.4) is 0 Å². The monoisotopic (exact) mass is 332 g/mol. The smallest absolute Gasteiger partial charge is 0.123 e. The van der Waals surface area contributed by atoms with Gasteiger partial charge < -0.3 is 4.74 Å². The molecule has 1 nitrogen and oxygen atoms in total. The van der Waals surface area contributed by atoms with Crippen LogP contribution in [0.1, 0.15) is 42.0 Å². The molecule has 0 aliphatic carbocycles.